The van der Waals surface area contributed by atoms with Crippen LogP contribution in [0, 0.1) is 22.7 Å². The molecule has 4 bridgehead atoms. The lowest BCUT2D eigenvalue weighted by Gasteiger charge is -2.57. The molecule has 9 heterocycles. The van der Waals surface area contributed by atoms with Gasteiger partial charge in [0, 0.05) is 55.6 Å². The minimum Gasteiger partial charge on any atom is -0.492 e. The van der Waals surface area contributed by atoms with Gasteiger partial charge in [0.1, 0.15) is 23.7 Å². The van der Waals surface area contributed by atoms with E-state index >= 15 is 0 Å². The van der Waals surface area contributed by atoms with Gasteiger partial charge in [-0.05, 0) is 69.6 Å². The van der Waals surface area contributed by atoms with Crippen LogP contribution in [0.3, 0.4) is 0 Å². The molecule has 6 saturated heterocycles. The number of anilines is 1. The molecule has 12 heteroatoms. The molecule has 0 aromatic carbocycles. The van der Waals surface area contributed by atoms with Crippen molar-refractivity contribution >= 4 is 17.4 Å². The van der Waals surface area contributed by atoms with Gasteiger partial charge in [-0.1, -0.05) is 0 Å². The van der Waals surface area contributed by atoms with Crippen LogP contribution in [0.5, 0.6) is 5.75 Å². The van der Waals surface area contributed by atoms with Crippen molar-refractivity contribution < 1.29 is 14.6 Å². The summed E-state index contributed by atoms with van der Waals surface area (Å²) in [6, 6.07) is 11.5. The number of amides is 2. The van der Waals surface area contributed by atoms with Crippen molar-refractivity contribution in [1.82, 2.24) is 29.3 Å². The molecular formula is C34H39N9O3. The Morgan fingerprint density at radius 3 is 2.57 bits per heavy atom. The molecule has 0 spiro atoms. The Labute approximate surface area is 268 Å². The van der Waals surface area contributed by atoms with Crippen LogP contribution in [0.25, 0.3) is 16.6 Å². The second kappa shape index (κ2) is 11.8. The second-order valence-electron chi connectivity index (χ2n) is 13.5. The van der Waals surface area contributed by atoms with E-state index in [1.165, 1.54) is 12.8 Å². The van der Waals surface area contributed by atoms with Gasteiger partial charge in [0.25, 0.3) is 0 Å². The van der Waals surface area contributed by atoms with Gasteiger partial charge in [-0.15, -0.1) is 0 Å². The summed E-state index contributed by atoms with van der Waals surface area (Å²) in [7, 11) is 0. The quantitative estimate of drug-likeness (QED) is 0.394. The maximum Gasteiger partial charge on any atom is 0.321 e. The minimum atomic E-state index is -0.308. The van der Waals surface area contributed by atoms with Gasteiger partial charge in [-0.25, -0.2) is 14.3 Å². The summed E-state index contributed by atoms with van der Waals surface area (Å²) in [5.41, 5.74) is 2.92. The summed E-state index contributed by atoms with van der Waals surface area (Å²) in [4.78, 5) is 26.6. The number of hydrogen-bond donors (Lipinski definition) is 1. The minimum absolute atomic E-state index is 0.00641. The van der Waals surface area contributed by atoms with Crippen molar-refractivity contribution in [2.45, 2.75) is 87.7 Å². The smallest absolute Gasteiger partial charge is 0.321 e. The highest BCUT2D eigenvalue weighted by molar-refractivity contribution is 5.85. The molecule has 3 aromatic heterocycles. The van der Waals surface area contributed by atoms with Crippen LogP contribution < -0.4 is 9.64 Å². The zero-order valence-electron chi connectivity index (χ0n) is 25.9. The lowest BCUT2D eigenvalue weighted by atomic mass is 9.87. The maximum absolute atomic E-state index is 13.2. The predicted octanol–water partition coefficient (Wildman–Crippen LogP) is 3.40. The summed E-state index contributed by atoms with van der Waals surface area (Å²) in [5, 5.41) is 33.8. The third-order valence-electron chi connectivity index (χ3n) is 10.8. The average Bonchev–Trinajstić information content (AvgIpc) is 3.78. The summed E-state index contributed by atoms with van der Waals surface area (Å²) in [5.74, 6) is 1.55. The van der Waals surface area contributed by atoms with Crippen LogP contribution in [-0.2, 0) is 0 Å². The highest BCUT2D eigenvalue weighted by Gasteiger charge is 2.50. The highest BCUT2D eigenvalue weighted by Crippen LogP contribution is 2.38. The van der Waals surface area contributed by atoms with Crippen molar-refractivity contribution in [2.24, 2.45) is 0 Å². The van der Waals surface area contributed by atoms with Gasteiger partial charge in [-0.3, -0.25) is 4.90 Å². The number of piperidine rings is 2. The monoisotopic (exact) mass is 621 g/mol. The first-order valence-corrected chi connectivity index (χ1v) is 16.7. The summed E-state index contributed by atoms with van der Waals surface area (Å²) < 4.78 is 7.95. The number of nitriles is 2. The van der Waals surface area contributed by atoms with Crippen LogP contribution in [0.1, 0.15) is 56.9 Å². The second-order valence-corrected chi connectivity index (χ2v) is 13.5. The maximum atomic E-state index is 13.2. The van der Waals surface area contributed by atoms with Gasteiger partial charge in [-0.2, -0.15) is 15.6 Å². The van der Waals surface area contributed by atoms with Crippen LogP contribution in [0.2, 0.25) is 0 Å². The molecule has 9 rings (SSSR count). The van der Waals surface area contributed by atoms with E-state index in [2.05, 4.69) is 27.0 Å². The molecule has 6 aliphatic heterocycles. The van der Waals surface area contributed by atoms with Crippen LogP contribution in [0.4, 0.5) is 10.6 Å². The molecule has 238 valence electrons. The molecule has 6 aliphatic rings. The van der Waals surface area contributed by atoms with Gasteiger partial charge in [0.15, 0.2) is 0 Å². The topological polar surface area (TPSA) is 137 Å². The Morgan fingerprint density at radius 1 is 1.04 bits per heavy atom. The van der Waals surface area contributed by atoms with Gasteiger partial charge >= 0.3 is 6.03 Å². The van der Waals surface area contributed by atoms with E-state index in [0.29, 0.717) is 49.6 Å². The van der Waals surface area contributed by atoms with E-state index in [9.17, 15) is 20.4 Å². The van der Waals surface area contributed by atoms with E-state index in [-0.39, 0.29) is 30.3 Å². The van der Waals surface area contributed by atoms with Crippen LogP contribution in [-0.4, -0.2) is 110 Å². The van der Waals surface area contributed by atoms with Gasteiger partial charge < -0.3 is 24.5 Å². The van der Waals surface area contributed by atoms with E-state index < -0.39 is 0 Å². The largest absolute Gasteiger partial charge is 0.492 e. The van der Waals surface area contributed by atoms with Crippen molar-refractivity contribution in [3.05, 3.63) is 42.4 Å². The van der Waals surface area contributed by atoms with Crippen molar-refractivity contribution in [3.8, 4) is 29.0 Å². The summed E-state index contributed by atoms with van der Waals surface area (Å²) in [6.45, 7) is 3.63. The lowest BCUT2D eigenvalue weighted by molar-refractivity contribution is 0.0191. The average molecular weight is 622 g/mol. The zero-order valence-corrected chi connectivity index (χ0v) is 25.9. The molecule has 0 aliphatic carbocycles. The first kappa shape index (κ1) is 29.0. The molecule has 0 saturated carbocycles. The first-order valence-electron chi connectivity index (χ1n) is 16.7. The zero-order chi connectivity index (χ0) is 31.4. The number of carbonyl (C=O) groups excluding carboxylic acids is 1. The van der Waals surface area contributed by atoms with Crippen molar-refractivity contribution in [2.75, 3.05) is 37.7 Å². The fourth-order valence-electron chi connectivity index (χ4n) is 8.65. The molecule has 2 amide bonds. The number of piperazine rings is 1. The number of nitrogens with zero attached hydrogens (tertiary/aromatic N) is 9. The van der Waals surface area contributed by atoms with Crippen molar-refractivity contribution in [3.63, 3.8) is 0 Å². The molecule has 46 heavy (non-hydrogen) atoms. The molecule has 4 unspecified atom stereocenters. The standard InChI is InChI=1S/C34H39N9O3/c35-15-23-18-38-42-21-30(46-10-2-9-40-24-5-6-25(40)13-29(44)12-24)14-31(33(23)42)22-4-7-32(37-17-22)39-19-27-11-28(20-39)43(27)34(45)41-8-1-3-26(41)16-36/h4,7,14,17-18,21,24-29,44H,1-3,5-6,8-13,19-20H2/t24-,25+,26?,27?,28?,29?. The number of rotatable bonds is 7. The van der Waals surface area contributed by atoms with Gasteiger partial charge in [0.2, 0.25) is 0 Å². The Bertz CT molecular complexity index is 1690. The molecule has 0 radical (unpaired) electrons. The predicted molar refractivity (Wildman–Crippen MR) is 169 cm³/mol. The molecule has 1 N–H and O–H groups in total. The number of aliphatic hydroxyl groups excluding tert-OH is 1. The molecule has 12 nitrogen and oxygen atoms in total. The highest BCUT2D eigenvalue weighted by atomic mass is 16.5. The van der Waals surface area contributed by atoms with Crippen LogP contribution >= 0.6 is 0 Å². The molecule has 6 fully saturated rings. The number of pyridine rings is 2. The number of aromatic nitrogens is 3. The summed E-state index contributed by atoms with van der Waals surface area (Å²) in [6.07, 6.45) is 12.7. The van der Waals surface area contributed by atoms with Crippen molar-refractivity contribution in [1.29, 1.82) is 10.5 Å². The Kier molecular flexibility index (Phi) is 7.42. The Balaban J connectivity index is 0.945. The lowest BCUT2D eigenvalue weighted by Crippen LogP contribution is -2.72. The number of fused-ring (bicyclic) bond motifs is 5. The third-order valence-corrected chi connectivity index (χ3v) is 10.8. The Morgan fingerprint density at radius 2 is 1.85 bits per heavy atom. The SMILES string of the molecule is N#Cc1cnn2cc(OCCCN3[C@@H]4CC[C@H]3CC(O)C4)cc(-c3ccc(N4CC5CC(C4)N5C(=O)N4CCCC4C#N)nc3)c12. The molecular weight excluding hydrogens is 582 g/mol. The van der Waals surface area contributed by atoms with E-state index in [0.717, 1.165) is 67.5 Å². The number of aliphatic hydroxyl groups is 1. The fourth-order valence-corrected chi connectivity index (χ4v) is 8.65. The number of ether oxygens (including phenoxy) is 1. The number of urea groups is 1. The summed E-state index contributed by atoms with van der Waals surface area (Å²) >= 11 is 0. The first-order chi connectivity index (χ1) is 22.5. The van der Waals surface area contributed by atoms with Gasteiger partial charge in [0.05, 0.1) is 54.3 Å². The van der Waals surface area contributed by atoms with E-state index in [4.69, 9.17) is 9.72 Å². The molecule has 3 aromatic rings. The number of hydrogen-bond acceptors (Lipinski definition) is 9. The van der Waals surface area contributed by atoms with Crippen LogP contribution in [0.15, 0.2) is 36.8 Å². The Hall–Kier alpha value is -4.39. The number of carbonyl (C=O) groups is 1. The third kappa shape index (κ3) is 5.01. The molecule has 6 atom stereocenters. The fraction of sp³-hybridized carbons (Fsp3) is 0.559. The normalized spacial score (nSPS) is 28.6. The number of likely N-dealkylation sites (tertiary alicyclic amines) is 1. The van der Waals surface area contributed by atoms with E-state index in [1.807, 2.05) is 35.5 Å². The van der Waals surface area contributed by atoms with E-state index in [1.54, 1.807) is 15.6 Å².